The molecule has 0 saturated carbocycles. The third-order valence-corrected chi connectivity index (χ3v) is 6.16. The van der Waals surface area contributed by atoms with Gasteiger partial charge in [-0.3, -0.25) is 9.59 Å². The molecule has 0 heterocycles. The Kier molecular flexibility index (Phi) is 7.19. The van der Waals surface area contributed by atoms with Crippen LogP contribution in [0, 0.1) is 13.8 Å². The van der Waals surface area contributed by atoms with Crippen LogP contribution in [0.15, 0.2) is 36.4 Å². The molecule has 2 aromatic carbocycles. The highest BCUT2D eigenvalue weighted by atomic mass is 35.5. The monoisotopic (exact) mass is 428 g/mol. The fraction of sp³-hybridized carbons (Fsp3) is 0.440. The highest BCUT2D eigenvalue weighted by Gasteiger charge is 2.43. The van der Waals surface area contributed by atoms with Crippen LogP contribution in [0.4, 0.5) is 0 Å². The van der Waals surface area contributed by atoms with Crippen LogP contribution < -0.4 is 4.74 Å². The maximum Gasteiger partial charge on any atom is 0.306 e. The van der Waals surface area contributed by atoms with E-state index in [-0.39, 0.29) is 17.1 Å². The number of carbonyl (C=O) groups excluding carboxylic acids is 2. The van der Waals surface area contributed by atoms with Crippen LogP contribution in [0.5, 0.6) is 5.75 Å². The second-order valence-corrected chi connectivity index (χ2v) is 8.72. The number of benzene rings is 2. The first kappa shape index (κ1) is 22.4. The molecular formula is C25H29ClO4. The van der Waals surface area contributed by atoms with Gasteiger partial charge in [-0.05, 0) is 56.4 Å². The number of unbranched alkanes of at least 4 members (excludes halogenated alkanes) is 1. The van der Waals surface area contributed by atoms with E-state index >= 15 is 0 Å². The fourth-order valence-corrected chi connectivity index (χ4v) is 4.31. The van der Waals surface area contributed by atoms with E-state index in [0.29, 0.717) is 12.0 Å². The number of Topliss-reactive ketones (excluding diaryl/α,β-unsaturated/α-hetero) is 1. The summed E-state index contributed by atoms with van der Waals surface area (Å²) in [7, 11) is 1.63. The quantitative estimate of drug-likeness (QED) is 0.291. The molecule has 1 aliphatic rings. The number of alkyl halides is 1. The van der Waals surface area contributed by atoms with Crippen molar-refractivity contribution in [3.8, 4) is 5.75 Å². The van der Waals surface area contributed by atoms with E-state index in [9.17, 15) is 9.59 Å². The van der Waals surface area contributed by atoms with E-state index in [1.807, 2.05) is 57.2 Å². The third kappa shape index (κ3) is 4.54. The normalized spacial score (nSPS) is 18.8. The van der Waals surface area contributed by atoms with Crippen LogP contribution in [0.2, 0.25) is 0 Å². The van der Waals surface area contributed by atoms with E-state index in [1.165, 1.54) is 0 Å². The van der Waals surface area contributed by atoms with Crippen LogP contribution in [0.1, 0.15) is 77.2 Å². The second-order valence-electron chi connectivity index (χ2n) is 7.97. The Balaban J connectivity index is 1.88. The second kappa shape index (κ2) is 9.65. The van der Waals surface area contributed by atoms with Crippen molar-refractivity contribution in [3.05, 3.63) is 64.2 Å². The van der Waals surface area contributed by atoms with E-state index in [2.05, 4.69) is 0 Å². The average molecular weight is 429 g/mol. The van der Waals surface area contributed by atoms with Crippen LogP contribution >= 0.6 is 11.6 Å². The largest absolute Gasteiger partial charge is 0.496 e. The smallest absolute Gasteiger partial charge is 0.306 e. The number of ether oxygens (including phenoxy) is 2. The highest BCUT2D eigenvalue weighted by Crippen LogP contribution is 2.46. The zero-order chi connectivity index (χ0) is 21.8. The van der Waals surface area contributed by atoms with Gasteiger partial charge >= 0.3 is 5.97 Å². The molecule has 5 heteroatoms. The number of rotatable bonds is 8. The lowest BCUT2D eigenvalue weighted by atomic mass is 9.87. The van der Waals surface area contributed by atoms with E-state index in [1.54, 1.807) is 7.11 Å². The van der Waals surface area contributed by atoms with Crippen LogP contribution in [0.25, 0.3) is 0 Å². The molecule has 0 amide bonds. The van der Waals surface area contributed by atoms with Crippen molar-refractivity contribution in [2.75, 3.05) is 7.11 Å². The van der Waals surface area contributed by atoms with Gasteiger partial charge in [-0.1, -0.05) is 36.8 Å². The van der Waals surface area contributed by atoms with Gasteiger partial charge in [0.25, 0.3) is 0 Å². The SMILES string of the molecule is COc1ccc(C2C(=O)c3ccccc3C2OC(=O)CCCCC(C)Cl)c(C)c1C. The van der Waals surface area contributed by atoms with Crippen molar-refractivity contribution in [2.24, 2.45) is 0 Å². The van der Waals surface area contributed by atoms with E-state index in [4.69, 9.17) is 21.1 Å². The van der Waals surface area contributed by atoms with Crippen molar-refractivity contribution in [3.63, 3.8) is 0 Å². The summed E-state index contributed by atoms with van der Waals surface area (Å²) in [5, 5.41) is 0.103. The lowest BCUT2D eigenvalue weighted by Gasteiger charge is -2.23. The first-order chi connectivity index (χ1) is 14.3. The predicted molar refractivity (Wildman–Crippen MR) is 119 cm³/mol. The molecule has 0 bridgehead atoms. The molecule has 3 atom stereocenters. The summed E-state index contributed by atoms with van der Waals surface area (Å²) in [6, 6.07) is 11.2. The van der Waals surface area contributed by atoms with Crippen molar-refractivity contribution < 1.29 is 19.1 Å². The summed E-state index contributed by atoms with van der Waals surface area (Å²) in [6.45, 7) is 5.91. The van der Waals surface area contributed by atoms with Gasteiger partial charge in [0.15, 0.2) is 5.78 Å². The molecule has 0 N–H and O–H groups in total. The van der Waals surface area contributed by atoms with Crippen molar-refractivity contribution in [1.29, 1.82) is 0 Å². The van der Waals surface area contributed by atoms with Crippen molar-refractivity contribution in [1.82, 2.24) is 0 Å². The number of fused-ring (bicyclic) bond motifs is 1. The Labute approximate surface area is 183 Å². The number of halogens is 1. The molecule has 30 heavy (non-hydrogen) atoms. The standard InChI is InChI=1S/C25H29ClO4/c1-15(26)9-5-8-12-22(27)30-25-20-11-7-6-10-19(20)24(28)23(25)18-13-14-21(29-4)17(3)16(18)2/h6-7,10-11,13-15,23,25H,5,8-9,12H2,1-4H3. The first-order valence-corrected chi connectivity index (χ1v) is 10.9. The molecule has 0 saturated heterocycles. The summed E-state index contributed by atoms with van der Waals surface area (Å²) in [6.07, 6.45) is 2.18. The Morgan fingerprint density at radius 3 is 2.50 bits per heavy atom. The van der Waals surface area contributed by atoms with Gasteiger partial charge in [-0.25, -0.2) is 0 Å². The number of methoxy groups -OCH3 is 1. The van der Waals surface area contributed by atoms with Gasteiger partial charge in [-0.15, -0.1) is 11.6 Å². The molecule has 3 rings (SSSR count). The Hall–Kier alpha value is -2.33. The summed E-state index contributed by atoms with van der Waals surface area (Å²) in [4.78, 5) is 25.9. The number of hydrogen-bond donors (Lipinski definition) is 0. The summed E-state index contributed by atoms with van der Waals surface area (Å²) in [5.74, 6) is -0.0493. The Bertz CT molecular complexity index is 935. The summed E-state index contributed by atoms with van der Waals surface area (Å²) in [5.41, 5.74) is 4.26. The van der Waals surface area contributed by atoms with Crippen LogP contribution in [0.3, 0.4) is 0 Å². The number of hydrogen-bond acceptors (Lipinski definition) is 4. The van der Waals surface area contributed by atoms with Gasteiger partial charge in [0.2, 0.25) is 0 Å². The Morgan fingerprint density at radius 1 is 1.07 bits per heavy atom. The van der Waals surface area contributed by atoms with Gasteiger partial charge in [-0.2, -0.15) is 0 Å². The van der Waals surface area contributed by atoms with Crippen LogP contribution in [-0.4, -0.2) is 24.2 Å². The molecule has 0 aliphatic heterocycles. The van der Waals surface area contributed by atoms with E-state index < -0.39 is 12.0 Å². The van der Waals surface area contributed by atoms with Crippen molar-refractivity contribution >= 4 is 23.4 Å². The maximum absolute atomic E-state index is 13.3. The lowest BCUT2D eigenvalue weighted by Crippen LogP contribution is -2.19. The molecular weight excluding hydrogens is 400 g/mol. The third-order valence-electron chi connectivity index (χ3n) is 5.94. The van der Waals surface area contributed by atoms with Gasteiger partial charge in [0, 0.05) is 22.9 Å². The fourth-order valence-electron chi connectivity index (χ4n) is 4.16. The van der Waals surface area contributed by atoms with Gasteiger partial charge in [0.05, 0.1) is 13.0 Å². The number of ketones is 1. The van der Waals surface area contributed by atoms with E-state index in [0.717, 1.165) is 47.3 Å². The molecule has 0 aromatic heterocycles. The predicted octanol–water partition coefficient (Wildman–Crippen LogP) is 6.06. The molecule has 4 nitrogen and oxygen atoms in total. The summed E-state index contributed by atoms with van der Waals surface area (Å²) >= 11 is 5.98. The summed E-state index contributed by atoms with van der Waals surface area (Å²) < 4.78 is 11.3. The minimum absolute atomic E-state index is 0.00738. The average Bonchev–Trinajstić information content (AvgIpc) is 2.99. The van der Waals surface area contributed by atoms with Crippen molar-refractivity contribution in [2.45, 2.75) is 63.9 Å². The zero-order valence-electron chi connectivity index (χ0n) is 18.0. The van der Waals surface area contributed by atoms with Gasteiger partial charge < -0.3 is 9.47 Å². The van der Waals surface area contributed by atoms with Gasteiger partial charge in [0.1, 0.15) is 11.9 Å². The molecule has 3 unspecified atom stereocenters. The lowest BCUT2D eigenvalue weighted by molar-refractivity contribution is -0.149. The Morgan fingerprint density at radius 2 is 1.80 bits per heavy atom. The minimum Gasteiger partial charge on any atom is -0.496 e. The first-order valence-electron chi connectivity index (χ1n) is 10.5. The minimum atomic E-state index is -0.611. The zero-order valence-corrected chi connectivity index (χ0v) is 18.8. The number of esters is 1. The molecule has 160 valence electrons. The number of carbonyl (C=O) groups is 2. The highest BCUT2D eigenvalue weighted by molar-refractivity contribution is 6.20. The molecule has 0 spiro atoms. The molecule has 0 radical (unpaired) electrons. The maximum atomic E-state index is 13.3. The molecule has 2 aromatic rings. The molecule has 0 fully saturated rings. The topological polar surface area (TPSA) is 52.6 Å². The van der Waals surface area contributed by atoms with Crippen LogP contribution in [-0.2, 0) is 9.53 Å². The molecule has 1 aliphatic carbocycles.